The Labute approximate surface area is 140 Å². The first-order valence-electron chi connectivity index (χ1n) is 7.28. The molecule has 0 radical (unpaired) electrons. The zero-order chi connectivity index (χ0) is 16.1. The molecule has 2 aromatic rings. The molecule has 0 saturated carbocycles. The molecular formula is C16H19Cl2N3O. The molecule has 6 heteroatoms. The van der Waals surface area contributed by atoms with Crippen molar-refractivity contribution in [3.05, 3.63) is 51.3 Å². The second-order valence-electron chi connectivity index (χ2n) is 5.14. The largest absolute Gasteiger partial charge is 0.348 e. The van der Waals surface area contributed by atoms with E-state index in [0.717, 1.165) is 24.9 Å². The molecule has 1 aromatic heterocycles. The summed E-state index contributed by atoms with van der Waals surface area (Å²) in [7, 11) is 0. The third-order valence-electron chi connectivity index (χ3n) is 3.36. The van der Waals surface area contributed by atoms with Crippen molar-refractivity contribution in [3.8, 4) is 0 Å². The van der Waals surface area contributed by atoms with Gasteiger partial charge in [-0.25, -0.2) is 0 Å². The number of benzene rings is 1. The van der Waals surface area contributed by atoms with Crippen molar-refractivity contribution in [1.29, 1.82) is 0 Å². The number of hydrogen-bond acceptors (Lipinski definition) is 2. The normalized spacial score (nSPS) is 10.7. The lowest BCUT2D eigenvalue weighted by Crippen LogP contribution is -2.23. The number of aryl methyl sites for hydroxylation is 2. The van der Waals surface area contributed by atoms with E-state index in [4.69, 9.17) is 23.2 Å². The molecule has 1 aromatic carbocycles. The minimum Gasteiger partial charge on any atom is -0.348 e. The quantitative estimate of drug-likeness (QED) is 0.855. The number of amides is 1. The van der Waals surface area contributed by atoms with Crippen molar-refractivity contribution in [2.75, 3.05) is 0 Å². The summed E-state index contributed by atoms with van der Waals surface area (Å²) in [5.41, 5.74) is 2.03. The summed E-state index contributed by atoms with van der Waals surface area (Å²) in [5, 5.41) is 8.24. The second kappa shape index (κ2) is 7.65. The van der Waals surface area contributed by atoms with E-state index in [-0.39, 0.29) is 5.91 Å². The molecular weight excluding hydrogens is 321 g/mol. The topological polar surface area (TPSA) is 46.9 Å². The maximum Gasteiger partial charge on any atom is 0.256 e. The lowest BCUT2D eigenvalue weighted by molar-refractivity contribution is 0.0950. The monoisotopic (exact) mass is 339 g/mol. The van der Waals surface area contributed by atoms with Gasteiger partial charge >= 0.3 is 0 Å². The highest BCUT2D eigenvalue weighted by Gasteiger charge is 2.19. The fraction of sp³-hybridized carbons (Fsp3) is 0.375. The minimum absolute atomic E-state index is 0.217. The molecule has 0 spiro atoms. The first kappa shape index (κ1) is 16.8. The van der Waals surface area contributed by atoms with Gasteiger partial charge in [0.15, 0.2) is 0 Å². The van der Waals surface area contributed by atoms with E-state index in [1.165, 1.54) is 0 Å². The van der Waals surface area contributed by atoms with Gasteiger partial charge in [-0.3, -0.25) is 9.48 Å². The van der Waals surface area contributed by atoms with Crippen LogP contribution < -0.4 is 5.32 Å². The van der Waals surface area contributed by atoms with Crippen LogP contribution in [0.3, 0.4) is 0 Å². The highest BCUT2D eigenvalue weighted by Crippen LogP contribution is 2.20. The summed E-state index contributed by atoms with van der Waals surface area (Å²) >= 11 is 12.2. The Morgan fingerprint density at radius 1 is 1.36 bits per heavy atom. The van der Waals surface area contributed by atoms with Crippen LogP contribution in [0.25, 0.3) is 0 Å². The lowest BCUT2D eigenvalue weighted by Gasteiger charge is -2.06. The van der Waals surface area contributed by atoms with Crippen molar-refractivity contribution in [3.63, 3.8) is 0 Å². The van der Waals surface area contributed by atoms with Crippen LogP contribution in [0, 0.1) is 6.92 Å². The van der Waals surface area contributed by atoms with Crippen LogP contribution in [0.1, 0.15) is 41.4 Å². The van der Waals surface area contributed by atoms with E-state index in [9.17, 15) is 4.79 Å². The van der Waals surface area contributed by atoms with Gasteiger partial charge in [-0.2, -0.15) is 5.10 Å². The molecule has 0 fully saturated rings. The van der Waals surface area contributed by atoms with E-state index in [0.29, 0.717) is 28.0 Å². The molecule has 118 valence electrons. The van der Waals surface area contributed by atoms with Crippen molar-refractivity contribution in [2.24, 2.45) is 0 Å². The van der Waals surface area contributed by atoms with Gasteiger partial charge in [0.25, 0.3) is 5.91 Å². The van der Waals surface area contributed by atoms with Gasteiger partial charge in [-0.15, -0.1) is 0 Å². The SMILES string of the molecule is CCCCn1nc(C)c(C(=O)NCc2cccc(Cl)c2)c1Cl. The van der Waals surface area contributed by atoms with Crippen LogP contribution in [-0.4, -0.2) is 15.7 Å². The van der Waals surface area contributed by atoms with Crippen LogP contribution in [0.2, 0.25) is 10.2 Å². The second-order valence-corrected chi connectivity index (χ2v) is 5.93. The number of carbonyl (C=O) groups is 1. The van der Waals surface area contributed by atoms with Crippen LogP contribution in [0.4, 0.5) is 0 Å². The Hall–Kier alpha value is -1.52. The molecule has 1 heterocycles. The molecule has 2 rings (SSSR count). The van der Waals surface area contributed by atoms with Crippen LogP contribution in [0.15, 0.2) is 24.3 Å². The Bertz CT molecular complexity index is 667. The molecule has 1 amide bonds. The zero-order valence-electron chi connectivity index (χ0n) is 12.7. The van der Waals surface area contributed by atoms with Gasteiger partial charge < -0.3 is 5.32 Å². The number of nitrogens with zero attached hydrogens (tertiary/aromatic N) is 2. The average Bonchev–Trinajstić information content (AvgIpc) is 2.77. The number of hydrogen-bond donors (Lipinski definition) is 1. The summed E-state index contributed by atoms with van der Waals surface area (Å²) in [6, 6.07) is 7.38. The first-order valence-corrected chi connectivity index (χ1v) is 8.04. The van der Waals surface area contributed by atoms with Crippen LogP contribution >= 0.6 is 23.2 Å². The standard InChI is InChI=1S/C16H19Cl2N3O/c1-3-4-8-21-15(18)14(11(2)20-21)16(22)19-10-12-6-5-7-13(17)9-12/h5-7,9H,3-4,8,10H2,1-2H3,(H,19,22). The van der Waals surface area contributed by atoms with E-state index >= 15 is 0 Å². The highest BCUT2D eigenvalue weighted by molar-refractivity contribution is 6.33. The van der Waals surface area contributed by atoms with Gasteiger partial charge in [-0.05, 0) is 31.0 Å². The molecule has 0 aliphatic heterocycles. The fourth-order valence-corrected chi connectivity index (χ4v) is 2.74. The minimum atomic E-state index is -0.217. The third-order valence-corrected chi connectivity index (χ3v) is 3.98. The number of nitrogens with one attached hydrogen (secondary N) is 1. The lowest BCUT2D eigenvalue weighted by atomic mass is 10.2. The van der Waals surface area contributed by atoms with Gasteiger partial charge in [-0.1, -0.05) is 48.7 Å². The Kier molecular flexibility index (Phi) is 5.86. The molecule has 22 heavy (non-hydrogen) atoms. The molecule has 4 nitrogen and oxygen atoms in total. The number of halogens is 2. The Morgan fingerprint density at radius 3 is 2.82 bits per heavy atom. The summed E-state index contributed by atoms with van der Waals surface area (Å²) in [4.78, 5) is 12.3. The molecule has 0 aliphatic carbocycles. The van der Waals surface area contributed by atoms with Crippen molar-refractivity contribution in [2.45, 2.75) is 39.8 Å². The highest BCUT2D eigenvalue weighted by atomic mass is 35.5. The number of carbonyl (C=O) groups excluding carboxylic acids is 1. The summed E-state index contributed by atoms with van der Waals surface area (Å²) in [5.74, 6) is -0.217. The summed E-state index contributed by atoms with van der Waals surface area (Å²) in [6.07, 6.45) is 2.02. The number of rotatable bonds is 6. The smallest absolute Gasteiger partial charge is 0.256 e. The van der Waals surface area contributed by atoms with Crippen LogP contribution in [-0.2, 0) is 13.1 Å². The first-order chi connectivity index (χ1) is 10.5. The predicted molar refractivity (Wildman–Crippen MR) is 89.5 cm³/mol. The number of unbranched alkanes of at least 4 members (excludes halogenated alkanes) is 1. The van der Waals surface area contributed by atoms with E-state index in [1.807, 2.05) is 18.2 Å². The fourth-order valence-electron chi connectivity index (χ4n) is 2.18. The van der Waals surface area contributed by atoms with Crippen LogP contribution in [0.5, 0.6) is 0 Å². The zero-order valence-corrected chi connectivity index (χ0v) is 14.2. The number of aromatic nitrogens is 2. The molecule has 1 N–H and O–H groups in total. The predicted octanol–water partition coefficient (Wildman–Crippen LogP) is 4.23. The van der Waals surface area contributed by atoms with Crippen molar-refractivity contribution in [1.82, 2.24) is 15.1 Å². The Balaban J connectivity index is 2.07. The van der Waals surface area contributed by atoms with Gasteiger partial charge in [0, 0.05) is 18.1 Å². The maximum absolute atomic E-state index is 12.3. The summed E-state index contributed by atoms with van der Waals surface area (Å²) in [6.45, 7) is 5.01. The van der Waals surface area contributed by atoms with Crippen molar-refractivity contribution < 1.29 is 4.79 Å². The van der Waals surface area contributed by atoms with Crippen molar-refractivity contribution >= 4 is 29.1 Å². The molecule has 0 unspecified atom stereocenters. The molecule has 0 saturated heterocycles. The van der Waals surface area contributed by atoms with E-state index in [2.05, 4.69) is 17.3 Å². The van der Waals surface area contributed by atoms with Gasteiger partial charge in [0.05, 0.1) is 11.3 Å². The average molecular weight is 340 g/mol. The van der Waals surface area contributed by atoms with Gasteiger partial charge in [0.1, 0.15) is 5.15 Å². The van der Waals surface area contributed by atoms with Gasteiger partial charge in [0.2, 0.25) is 0 Å². The maximum atomic E-state index is 12.3. The summed E-state index contributed by atoms with van der Waals surface area (Å²) < 4.78 is 1.69. The molecule has 0 bridgehead atoms. The Morgan fingerprint density at radius 2 is 2.14 bits per heavy atom. The molecule has 0 aliphatic rings. The molecule has 0 atom stereocenters. The van der Waals surface area contributed by atoms with E-state index in [1.54, 1.807) is 17.7 Å². The van der Waals surface area contributed by atoms with E-state index < -0.39 is 0 Å². The third kappa shape index (κ3) is 4.02.